The minimum atomic E-state index is -4.58. The third-order valence-electron chi connectivity index (χ3n) is 4.47. The van der Waals surface area contributed by atoms with E-state index in [4.69, 9.17) is 0 Å². The van der Waals surface area contributed by atoms with Gasteiger partial charge in [0.2, 0.25) is 15.9 Å². The van der Waals surface area contributed by atoms with Crippen LogP contribution >= 0.6 is 0 Å². The molecule has 0 heterocycles. The fourth-order valence-electron chi connectivity index (χ4n) is 3.25. The summed E-state index contributed by atoms with van der Waals surface area (Å²) in [6.07, 6.45) is 0.725. The second-order valence-corrected chi connectivity index (χ2v) is 8.44. The predicted molar refractivity (Wildman–Crippen MR) is 93.1 cm³/mol. The smallest absolute Gasteiger partial charge is 0.325 e. The summed E-state index contributed by atoms with van der Waals surface area (Å²) in [7, 11) is -3.49. The first-order valence-corrected chi connectivity index (χ1v) is 10.4. The van der Waals surface area contributed by atoms with Gasteiger partial charge in [-0.1, -0.05) is 31.4 Å². The molecule has 1 aromatic rings. The van der Waals surface area contributed by atoms with E-state index < -0.39 is 27.7 Å². The maximum atomic E-state index is 13.0. The Morgan fingerprint density at radius 1 is 1.19 bits per heavy atom. The van der Waals surface area contributed by atoms with Crippen molar-refractivity contribution in [3.05, 3.63) is 29.8 Å². The van der Waals surface area contributed by atoms with Gasteiger partial charge in [-0.2, -0.15) is 17.5 Å². The monoisotopic (exact) mass is 392 g/mol. The van der Waals surface area contributed by atoms with Crippen LogP contribution in [-0.4, -0.2) is 37.5 Å². The van der Waals surface area contributed by atoms with Crippen molar-refractivity contribution in [3.63, 3.8) is 0 Å². The highest BCUT2D eigenvalue weighted by Gasteiger charge is 2.34. The predicted octanol–water partition coefficient (Wildman–Crippen LogP) is 3.63. The van der Waals surface area contributed by atoms with Gasteiger partial charge in [-0.05, 0) is 25.0 Å². The second-order valence-electron chi connectivity index (χ2n) is 6.51. The number of halogens is 3. The molecule has 1 N–H and O–H groups in total. The van der Waals surface area contributed by atoms with Crippen LogP contribution in [0, 0.1) is 0 Å². The van der Waals surface area contributed by atoms with Crippen LogP contribution in [-0.2, 0) is 21.0 Å². The first-order valence-electron chi connectivity index (χ1n) is 8.52. The Balaban J connectivity index is 2.03. The molecule has 0 saturated heterocycles. The van der Waals surface area contributed by atoms with E-state index >= 15 is 0 Å². The van der Waals surface area contributed by atoms with E-state index in [-0.39, 0.29) is 24.7 Å². The van der Waals surface area contributed by atoms with Crippen LogP contribution in [0.1, 0.15) is 44.1 Å². The molecular formula is C17H23F3N2O3S. The molecule has 0 spiro atoms. The van der Waals surface area contributed by atoms with Crippen LogP contribution in [0.4, 0.5) is 18.9 Å². The molecule has 0 unspecified atom stereocenters. The molecule has 0 radical (unpaired) electrons. The minimum Gasteiger partial charge on any atom is -0.325 e. The van der Waals surface area contributed by atoms with E-state index in [0.717, 1.165) is 44.4 Å². The molecule has 0 bridgehead atoms. The zero-order chi connectivity index (χ0) is 19.4. The molecule has 1 aliphatic rings. The van der Waals surface area contributed by atoms with E-state index in [0.29, 0.717) is 0 Å². The largest absolute Gasteiger partial charge is 0.418 e. The topological polar surface area (TPSA) is 66.5 Å². The SMILES string of the molecule is CS(=O)(=O)N(CCC(=O)Nc1ccccc1C(F)(F)F)C1CCCCC1. The number of hydrogen-bond donors (Lipinski definition) is 1. The molecule has 1 fully saturated rings. The van der Waals surface area contributed by atoms with Crippen LogP contribution in [0.15, 0.2) is 24.3 Å². The number of benzene rings is 1. The number of sulfonamides is 1. The van der Waals surface area contributed by atoms with Crippen LogP contribution in [0.25, 0.3) is 0 Å². The maximum Gasteiger partial charge on any atom is 0.418 e. The van der Waals surface area contributed by atoms with Gasteiger partial charge in [0.25, 0.3) is 0 Å². The lowest BCUT2D eigenvalue weighted by Gasteiger charge is -2.32. The molecule has 0 aliphatic heterocycles. The lowest BCUT2D eigenvalue weighted by Crippen LogP contribution is -2.42. The number of alkyl halides is 3. The standard InChI is InChI=1S/C17H23F3N2O3S/c1-26(24,25)22(13-7-3-2-4-8-13)12-11-16(23)21-15-10-6-5-9-14(15)17(18,19)20/h5-6,9-10,13H,2-4,7-8,11-12H2,1H3,(H,21,23). The number of nitrogens with one attached hydrogen (secondary N) is 1. The summed E-state index contributed by atoms with van der Waals surface area (Å²) in [5.74, 6) is -0.647. The first kappa shape index (κ1) is 20.7. The molecule has 146 valence electrons. The van der Waals surface area contributed by atoms with Gasteiger partial charge < -0.3 is 5.32 Å². The minimum absolute atomic E-state index is 0.0382. The van der Waals surface area contributed by atoms with Crippen LogP contribution in [0.3, 0.4) is 0 Å². The molecule has 1 amide bonds. The lowest BCUT2D eigenvalue weighted by molar-refractivity contribution is -0.137. The van der Waals surface area contributed by atoms with Crippen molar-refractivity contribution in [2.75, 3.05) is 18.1 Å². The summed E-state index contributed by atoms with van der Waals surface area (Å²) in [4.78, 5) is 12.1. The fraction of sp³-hybridized carbons (Fsp3) is 0.588. The Labute approximate surface area is 151 Å². The summed E-state index contributed by atoms with van der Waals surface area (Å²) in [6, 6.07) is 4.56. The van der Waals surface area contributed by atoms with Crippen molar-refractivity contribution in [2.45, 2.75) is 50.7 Å². The average Bonchev–Trinajstić information content (AvgIpc) is 2.54. The van der Waals surface area contributed by atoms with E-state index in [1.807, 2.05) is 0 Å². The number of rotatable bonds is 6. The van der Waals surface area contributed by atoms with Crippen molar-refractivity contribution in [1.82, 2.24) is 4.31 Å². The Hall–Kier alpha value is -1.61. The maximum absolute atomic E-state index is 13.0. The fourth-order valence-corrected chi connectivity index (χ4v) is 4.43. The van der Waals surface area contributed by atoms with Crippen LogP contribution < -0.4 is 5.32 Å². The van der Waals surface area contributed by atoms with E-state index in [2.05, 4.69) is 5.32 Å². The molecule has 2 rings (SSSR count). The molecule has 1 saturated carbocycles. The summed E-state index contributed by atoms with van der Waals surface area (Å²) in [5.41, 5.74) is -1.26. The van der Waals surface area contributed by atoms with Gasteiger partial charge in [-0.25, -0.2) is 8.42 Å². The Kier molecular flexibility index (Phi) is 6.68. The highest BCUT2D eigenvalue weighted by Crippen LogP contribution is 2.34. The molecule has 1 aliphatic carbocycles. The van der Waals surface area contributed by atoms with Crippen molar-refractivity contribution < 1.29 is 26.4 Å². The molecule has 9 heteroatoms. The highest BCUT2D eigenvalue weighted by molar-refractivity contribution is 7.88. The number of carbonyl (C=O) groups is 1. The van der Waals surface area contributed by atoms with Gasteiger partial charge in [-0.15, -0.1) is 0 Å². The quantitative estimate of drug-likeness (QED) is 0.804. The molecule has 0 atom stereocenters. The number of nitrogens with zero attached hydrogens (tertiary/aromatic N) is 1. The van der Waals surface area contributed by atoms with Crippen molar-refractivity contribution in [2.24, 2.45) is 0 Å². The van der Waals surface area contributed by atoms with Gasteiger partial charge in [0, 0.05) is 19.0 Å². The first-order chi connectivity index (χ1) is 12.1. The van der Waals surface area contributed by atoms with Crippen molar-refractivity contribution in [3.8, 4) is 0 Å². The van der Waals surface area contributed by atoms with Crippen molar-refractivity contribution >= 4 is 21.6 Å². The van der Waals surface area contributed by atoms with Gasteiger partial charge in [-0.3, -0.25) is 4.79 Å². The summed E-state index contributed by atoms with van der Waals surface area (Å²) in [6.45, 7) is -0.0382. The van der Waals surface area contributed by atoms with E-state index in [1.54, 1.807) is 0 Å². The molecule has 26 heavy (non-hydrogen) atoms. The number of hydrogen-bond acceptors (Lipinski definition) is 3. The summed E-state index contributed by atoms with van der Waals surface area (Å²) in [5, 5.41) is 2.25. The molecule has 1 aromatic carbocycles. The van der Waals surface area contributed by atoms with Crippen LogP contribution in [0.2, 0.25) is 0 Å². The second kappa shape index (κ2) is 8.39. The third kappa shape index (κ3) is 5.70. The number of amides is 1. The van der Waals surface area contributed by atoms with Gasteiger partial charge in [0.15, 0.2) is 0 Å². The van der Waals surface area contributed by atoms with Gasteiger partial charge in [0.05, 0.1) is 17.5 Å². The van der Waals surface area contributed by atoms with Gasteiger partial charge >= 0.3 is 6.18 Å². The summed E-state index contributed by atoms with van der Waals surface area (Å²) >= 11 is 0. The highest BCUT2D eigenvalue weighted by atomic mass is 32.2. The molecule has 0 aromatic heterocycles. The number of para-hydroxylation sites is 1. The Morgan fingerprint density at radius 2 is 1.81 bits per heavy atom. The Morgan fingerprint density at radius 3 is 2.38 bits per heavy atom. The zero-order valence-electron chi connectivity index (χ0n) is 14.6. The van der Waals surface area contributed by atoms with E-state index in [9.17, 15) is 26.4 Å². The third-order valence-corrected chi connectivity index (χ3v) is 5.81. The average molecular weight is 392 g/mol. The number of carbonyl (C=O) groups excluding carboxylic acids is 1. The van der Waals surface area contributed by atoms with E-state index in [1.165, 1.54) is 22.5 Å². The molecular weight excluding hydrogens is 369 g/mol. The summed E-state index contributed by atoms with van der Waals surface area (Å²) < 4.78 is 64.3. The van der Waals surface area contributed by atoms with Crippen LogP contribution in [0.5, 0.6) is 0 Å². The molecule has 5 nitrogen and oxygen atoms in total. The van der Waals surface area contributed by atoms with Gasteiger partial charge in [0.1, 0.15) is 0 Å². The van der Waals surface area contributed by atoms with Crippen molar-refractivity contribution in [1.29, 1.82) is 0 Å². The number of anilines is 1. The normalized spacial score (nSPS) is 16.7. The lowest BCUT2D eigenvalue weighted by atomic mass is 9.95. The zero-order valence-corrected chi connectivity index (χ0v) is 15.4. The Bertz CT molecular complexity index is 729.